The first-order valence-corrected chi connectivity index (χ1v) is 7.29. The van der Waals surface area contributed by atoms with Gasteiger partial charge in [-0.25, -0.2) is 0 Å². The summed E-state index contributed by atoms with van der Waals surface area (Å²) in [6, 6.07) is 2.16. The van der Waals surface area contributed by atoms with Gasteiger partial charge in [-0.15, -0.1) is 0 Å². The van der Waals surface area contributed by atoms with E-state index in [0.717, 1.165) is 26.1 Å². The molecule has 0 aliphatic carbocycles. The van der Waals surface area contributed by atoms with Crippen LogP contribution in [0.2, 0.25) is 0 Å². The minimum atomic E-state index is 0.0327. The molecule has 1 aliphatic rings. The molecule has 1 aromatic heterocycles. The fourth-order valence-electron chi connectivity index (χ4n) is 2.57. The second-order valence-corrected chi connectivity index (χ2v) is 5.22. The number of carbonyl (C=O) groups excluding carboxylic acids is 1. The largest absolute Gasteiger partial charge is 0.336 e. The Balaban J connectivity index is 2.20. The number of amides is 1. The van der Waals surface area contributed by atoms with Gasteiger partial charge in [-0.1, -0.05) is 18.8 Å². The van der Waals surface area contributed by atoms with Crippen molar-refractivity contribution in [2.45, 2.75) is 19.4 Å². The second kappa shape index (κ2) is 7.21. The number of hydrogen-bond donors (Lipinski definition) is 1. The summed E-state index contributed by atoms with van der Waals surface area (Å²) in [6.07, 6.45) is 4.30. The summed E-state index contributed by atoms with van der Waals surface area (Å²) in [5.74, 6) is 5.75. The van der Waals surface area contributed by atoms with Crippen LogP contribution in [0, 0.1) is 11.8 Å². The number of nitrogens with two attached hydrogens (primary N) is 1. The molecule has 5 heteroatoms. The van der Waals surface area contributed by atoms with Gasteiger partial charge in [-0.05, 0) is 19.5 Å². The molecule has 1 fully saturated rings. The first-order valence-electron chi connectivity index (χ1n) is 7.29. The normalized spacial score (nSPS) is 19.0. The Hall–Kier alpha value is -1.90. The van der Waals surface area contributed by atoms with Gasteiger partial charge in [0.05, 0.1) is 17.7 Å². The van der Waals surface area contributed by atoms with E-state index in [0.29, 0.717) is 17.2 Å². The van der Waals surface area contributed by atoms with E-state index in [4.69, 9.17) is 5.73 Å². The lowest BCUT2D eigenvalue weighted by Gasteiger charge is -2.39. The molecule has 21 heavy (non-hydrogen) atoms. The van der Waals surface area contributed by atoms with Crippen molar-refractivity contribution < 1.29 is 4.79 Å². The number of rotatable bonds is 2. The van der Waals surface area contributed by atoms with Gasteiger partial charge in [-0.3, -0.25) is 14.7 Å². The van der Waals surface area contributed by atoms with E-state index in [9.17, 15) is 4.79 Å². The number of nitrogens with zero attached hydrogens (tertiary/aromatic N) is 3. The standard InChI is InChI=1S/C16H22N4O/c1-3-14-12-20(10-9-19(14)2)16(21)15-6-8-18-11-13(15)5-4-7-17/h6,8,11,14H,3,7,9-10,12,17H2,1-2H3. The Morgan fingerprint density at radius 2 is 2.33 bits per heavy atom. The van der Waals surface area contributed by atoms with E-state index in [1.165, 1.54) is 0 Å². The molecule has 0 saturated carbocycles. The highest BCUT2D eigenvalue weighted by Crippen LogP contribution is 2.15. The van der Waals surface area contributed by atoms with Crippen molar-refractivity contribution >= 4 is 5.91 Å². The van der Waals surface area contributed by atoms with Gasteiger partial charge in [0.1, 0.15) is 0 Å². The van der Waals surface area contributed by atoms with Gasteiger partial charge in [0.15, 0.2) is 0 Å². The van der Waals surface area contributed by atoms with E-state index in [1.54, 1.807) is 18.5 Å². The summed E-state index contributed by atoms with van der Waals surface area (Å²) in [7, 11) is 2.11. The highest BCUT2D eigenvalue weighted by molar-refractivity contribution is 5.96. The third-order valence-electron chi connectivity index (χ3n) is 3.91. The number of likely N-dealkylation sites (N-methyl/N-ethyl adjacent to an activating group) is 1. The average Bonchev–Trinajstić information content (AvgIpc) is 2.53. The van der Waals surface area contributed by atoms with E-state index in [1.807, 2.05) is 4.90 Å². The van der Waals surface area contributed by atoms with Crippen LogP contribution in [0.5, 0.6) is 0 Å². The Morgan fingerprint density at radius 3 is 3.05 bits per heavy atom. The van der Waals surface area contributed by atoms with Crippen LogP contribution in [0.4, 0.5) is 0 Å². The molecular formula is C16H22N4O. The van der Waals surface area contributed by atoms with Crippen LogP contribution < -0.4 is 5.73 Å². The summed E-state index contributed by atoms with van der Waals surface area (Å²) >= 11 is 0. The van der Waals surface area contributed by atoms with E-state index >= 15 is 0 Å². The van der Waals surface area contributed by atoms with Crippen molar-refractivity contribution in [1.29, 1.82) is 0 Å². The molecular weight excluding hydrogens is 264 g/mol. The lowest BCUT2D eigenvalue weighted by atomic mass is 10.1. The zero-order valence-corrected chi connectivity index (χ0v) is 12.7. The van der Waals surface area contributed by atoms with Crippen LogP contribution in [0.3, 0.4) is 0 Å². The van der Waals surface area contributed by atoms with Gasteiger partial charge in [0.2, 0.25) is 0 Å². The summed E-state index contributed by atoms with van der Waals surface area (Å²) in [5, 5.41) is 0. The van der Waals surface area contributed by atoms with Crippen LogP contribution in [0.1, 0.15) is 29.3 Å². The predicted octanol–water partition coefficient (Wildman–Crippen LogP) is 0.558. The first kappa shape index (κ1) is 15.5. The summed E-state index contributed by atoms with van der Waals surface area (Å²) in [4.78, 5) is 21.0. The molecule has 112 valence electrons. The molecule has 1 aliphatic heterocycles. The number of hydrogen-bond acceptors (Lipinski definition) is 4. The van der Waals surface area contributed by atoms with Crippen molar-refractivity contribution in [3.63, 3.8) is 0 Å². The quantitative estimate of drug-likeness (QED) is 0.807. The molecule has 1 amide bonds. The van der Waals surface area contributed by atoms with Crippen LogP contribution in [0.25, 0.3) is 0 Å². The molecule has 2 N–H and O–H groups in total. The molecule has 0 spiro atoms. The Labute approximate surface area is 126 Å². The Bertz CT molecular complexity index is 561. The van der Waals surface area contributed by atoms with Gasteiger partial charge in [0, 0.05) is 38.1 Å². The zero-order chi connectivity index (χ0) is 15.2. The molecule has 1 saturated heterocycles. The third-order valence-corrected chi connectivity index (χ3v) is 3.91. The van der Waals surface area contributed by atoms with Gasteiger partial charge < -0.3 is 10.6 Å². The zero-order valence-electron chi connectivity index (χ0n) is 12.7. The van der Waals surface area contributed by atoms with Crippen molar-refractivity contribution in [2.75, 3.05) is 33.2 Å². The van der Waals surface area contributed by atoms with E-state index < -0.39 is 0 Å². The van der Waals surface area contributed by atoms with Crippen molar-refractivity contribution in [1.82, 2.24) is 14.8 Å². The lowest BCUT2D eigenvalue weighted by molar-refractivity contribution is 0.0541. The minimum Gasteiger partial charge on any atom is -0.336 e. The molecule has 0 bridgehead atoms. The maximum atomic E-state index is 12.7. The second-order valence-electron chi connectivity index (χ2n) is 5.22. The fourth-order valence-corrected chi connectivity index (χ4v) is 2.57. The third kappa shape index (κ3) is 3.60. The lowest BCUT2D eigenvalue weighted by Crippen LogP contribution is -2.53. The number of pyridine rings is 1. The minimum absolute atomic E-state index is 0.0327. The highest BCUT2D eigenvalue weighted by Gasteiger charge is 2.27. The number of piperazine rings is 1. The van der Waals surface area contributed by atoms with Crippen LogP contribution >= 0.6 is 0 Å². The molecule has 5 nitrogen and oxygen atoms in total. The topological polar surface area (TPSA) is 62.5 Å². The Kier molecular flexibility index (Phi) is 5.32. The maximum absolute atomic E-state index is 12.7. The molecule has 2 heterocycles. The molecule has 1 unspecified atom stereocenters. The molecule has 0 radical (unpaired) electrons. The molecule has 2 rings (SSSR count). The maximum Gasteiger partial charge on any atom is 0.255 e. The predicted molar refractivity (Wildman–Crippen MR) is 82.8 cm³/mol. The molecule has 1 aromatic rings. The number of aromatic nitrogens is 1. The molecule has 1 atom stereocenters. The highest BCUT2D eigenvalue weighted by atomic mass is 16.2. The smallest absolute Gasteiger partial charge is 0.255 e. The van der Waals surface area contributed by atoms with Gasteiger partial charge >= 0.3 is 0 Å². The summed E-state index contributed by atoms with van der Waals surface area (Å²) in [5.41, 5.74) is 6.67. The summed E-state index contributed by atoms with van der Waals surface area (Å²) in [6.45, 7) is 4.84. The monoisotopic (exact) mass is 286 g/mol. The van der Waals surface area contributed by atoms with Gasteiger partial charge in [-0.2, -0.15) is 0 Å². The average molecular weight is 286 g/mol. The first-order chi connectivity index (χ1) is 10.2. The molecule has 0 aromatic carbocycles. The van der Waals surface area contributed by atoms with Gasteiger partial charge in [0.25, 0.3) is 5.91 Å². The summed E-state index contributed by atoms with van der Waals surface area (Å²) < 4.78 is 0. The van der Waals surface area contributed by atoms with Crippen molar-refractivity contribution in [3.8, 4) is 11.8 Å². The number of carbonyl (C=O) groups is 1. The Morgan fingerprint density at radius 1 is 1.52 bits per heavy atom. The van der Waals surface area contributed by atoms with Crippen molar-refractivity contribution in [2.24, 2.45) is 5.73 Å². The van der Waals surface area contributed by atoms with Crippen LogP contribution in [-0.4, -0.2) is 60.0 Å². The van der Waals surface area contributed by atoms with Crippen LogP contribution in [-0.2, 0) is 0 Å². The van der Waals surface area contributed by atoms with E-state index in [2.05, 4.69) is 35.7 Å². The van der Waals surface area contributed by atoms with Crippen LogP contribution in [0.15, 0.2) is 18.5 Å². The SMILES string of the molecule is CCC1CN(C(=O)c2ccncc2C#CCN)CCN1C. The van der Waals surface area contributed by atoms with E-state index in [-0.39, 0.29) is 12.5 Å². The fraction of sp³-hybridized carbons (Fsp3) is 0.500. The van der Waals surface area contributed by atoms with Crippen molar-refractivity contribution in [3.05, 3.63) is 29.6 Å².